The van der Waals surface area contributed by atoms with Crippen LogP contribution in [0.15, 0.2) is 28.7 Å². The van der Waals surface area contributed by atoms with Crippen LogP contribution in [-0.2, 0) is 11.2 Å². The molecule has 0 saturated carbocycles. The summed E-state index contributed by atoms with van der Waals surface area (Å²) < 4.78 is 1.05. The van der Waals surface area contributed by atoms with Crippen molar-refractivity contribution in [1.29, 1.82) is 5.26 Å². The van der Waals surface area contributed by atoms with Gasteiger partial charge in [-0.05, 0) is 31.9 Å². The van der Waals surface area contributed by atoms with E-state index in [4.69, 9.17) is 5.26 Å². The van der Waals surface area contributed by atoms with Gasteiger partial charge in [0, 0.05) is 18.1 Å². The van der Waals surface area contributed by atoms with Crippen molar-refractivity contribution >= 4 is 21.8 Å². The summed E-state index contributed by atoms with van der Waals surface area (Å²) in [5.74, 6) is -0.142. The average molecular weight is 309 g/mol. The van der Waals surface area contributed by atoms with E-state index in [-0.39, 0.29) is 5.91 Å². The normalized spacial score (nSPS) is 10.8. The minimum Gasteiger partial charge on any atom is -0.344 e. The number of halogens is 1. The fraction of sp³-hybridized carbons (Fsp3) is 0.429. The Labute approximate surface area is 117 Å². The lowest BCUT2D eigenvalue weighted by Gasteiger charge is -2.24. The van der Waals surface area contributed by atoms with Crippen molar-refractivity contribution < 1.29 is 4.79 Å². The molecule has 0 aliphatic carbocycles. The Balaban J connectivity index is 2.63. The molecule has 0 atom stereocenters. The molecule has 0 saturated heterocycles. The predicted octanol–water partition coefficient (Wildman–Crippen LogP) is 3.00. The summed E-state index contributed by atoms with van der Waals surface area (Å²) in [5, 5.41) is 8.94. The quantitative estimate of drug-likeness (QED) is 0.858. The Morgan fingerprint density at radius 1 is 1.44 bits per heavy atom. The van der Waals surface area contributed by atoms with Crippen LogP contribution in [0, 0.1) is 16.7 Å². The molecule has 0 fully saturated rings. The van der Waals surface area contributed by atoms with Gasteiger partial charge in [0.1, 0.15) is 5.41 Å². The molecule has 0 heterocycles. The van der Waals surface area contributed by atoms with E-state index in [0.717, 1.165) is 16.5 Å². The van der Waals surface area contributed by atoms with Gasteiger partial charge in [-0.1, -0.05) is 34.1 Å². The lowest BCUT2D eigenvalue weighted by atomic mass is 9.94. The smallest absolute Gasteiger partial charge is 0.242 e. The van der Waals surface area contributed by atoms with Gasteiger partial charge in [0.15, 0.2) is 0 Å². The number of nitrogens with zero attached hydrogens (tertiary/aromatic N) is 2. The first-order chi connectivity index (χ1) is 8.38. The fourth-order valence-electron chi connectivity index (χ4n) is 1.62. The first-order valence-electron chi connectivity index (χ1n) is 5.78. The first-order valence-corrected chi connectivity index (χ1v) is 6.58. The predicted molar refractivity (Wildman–Crippen MR) is 74.9 cm³/mol. The zero-order chi connectivity index (χ0) is 13.8. The average Bonchev–Trinajstić information content (AvgIpc) is 2.36. The Hall–Kier alpha value is -1.34. The SMILES string of the molecule is CN(CCc1ccccc1Br)C(=O)C(C)(C)C#N. The van der Waals surface area contributed by atoms with Crippen LogP contribution in [0.2, 0.25) is 0 Å². The van der Waals surface area contributed by atoms with Gasteiger partial charge in [0.25, 0.3) is 0 Å². The second kappa shape index (κ2) is 6.01. The van der Waals surface area contributed by atoms with Gasteiger partial charge >= 0.3 is 0 Å². The third kappa shape index (κ3) is 3.58. The number of hydrogen-bond donors (Lipinski definition) is 0. The second-order valence-corrected chi connectivity index (χ2v) is 5.66. The van der Waals surface area contributed by atoms with Crippen molar-refractivity contribution in [3.05, 3.63) is 34.3 Å². The van der Waals surface area contributed by atoms with E-state index < -0.39 is 5.41 Å². The van der Waals surface area contributed by atoms with E-state index in [1.807, 2.05) is 30.3 Å². The monoisotopic (exact) mass is 308 g/mol. The van der Waals surface area contributed by atoms with Gasteiger partial charge in [0.2, 0.25) is 5.91 Å². The minimum atomic E-state index is -0.956. The minimum absolute atomic E-state index is 0.142. The first kappa shape index (κ1) is 14.7. The van der Waals surface area contributed by atoms with Crippen molar-refractivity contribution in [2.75, 3.05) is 13.6 Å². The molecule has 0 spiro atoms. The van der Waals surface area contributed by atoms with Crippen LogP contribution in [0.4, 0.5) is 0 Å². The van der Waals surface area contributed by atoms with Gasteiger partial charge in [0.05, 0.1) is 6.07 Å². The third-order valence-corrected chi connectivity index (χ3v) is 3.61. The van der Waals surface area contributed by atoms with Crippen LogP contribution in [0.1, 0.15) is 19.4 Å². The molecule has 1 aromatic rings. The summed E-state index contributed by atoms with van der Waals surface area (Å²) in [7, 11) is 1.73. The molecule has 1 amide bonds. The molecule has 1 aromatic carbocycles. The molecule has 0 aromatic heterocycles. The molecule has 3 nitrogen and oxygen atoms in total. The summed E-state index contributed by atoms with van der Waals surface area (Å²) >= 11 is 3.48. The molecule has 18 heavy (non-hydrogen) atoms. The maximum atomic E-state index is 12.0. The third-order valence-electron chi connectivity index (χ3n) is 2.84. The Morgan fingerprint density at radius 2 is 2.06 bits per heavy atom. The Kier molecular flexibility index (Phi) is 4.92. The van der Waals surface area contributed by atoms with Gasteiger partial charge in [-0.2, -0.15) is 5.26 Å². The van der Waals surface area contributed by atoms with Crippen molar-refractivity contribution in [2.24, 2.45) is 5.41 Å². The number of nitriles is 1. The highest BCUT2D eigenvalue weighted by molar-refractivity contribution is 9.10. The largest absolute Gasteiger partial charge is 0.344 e. The molecule has 0 aliphatic heterocycles. The molecule has 0 radical (unpaired) electrons. The Morgan fingerprint density at radius 3 is 2.61 bits per heavy atom. The zero-order valence-electron chi connectivity index (χ0n) is 10.9. The molecular weight excluding hydrogens is 292 g/mol. The standard InChI is InChI=1S/C14H17BrN2O/c1-14(2,10-16)13(18)17(3)9-8-11-6-4-5-7-12(11)15/h4-7H,8-9H2,1-3H3. The molecule has 1 rings (SSSR count). The lowest BCUT2D eigenvalue weighted by Crippen LogP contribution is -2.38. The number of amides is 1. The summed E-state index contributed by atoms with van der Waals surface area (Å²) in [6, 6.07) is 9.97. The van der Waals surface area contributed by atoms with Gasteiger partial charge in [-0.3, -0.25) is 4.79 Å². The molecule has 0 aliphatic rings. The summed E-state index contributed by atoms with van der Waals surface area (Å²) in [4.78, 5) is 13.6. The topological polar surface area (TPSA) is 44.1 Å². The van der Waals surface area contributed by atoms with Crippen LogP contribution in [-0.4, -0.2) is 24.4 Å². The highest BCUT2D eigenvalue weighted by Crippen LogP contribution is 2.19. The summed E-state index contributed by atoms with van der Waals surface area (Å²) in [6.07, 6.45) is 0.769. The van der Waals surface area contributed by atoms with E-state index in [1.54, 1.807) is 25.8 Å². The van der Waals surface area contributed by atoms with E-state index >= 15 is 0 Å². The summed E-state index contributed by atoms with van der Waals surface area (Å²) in [5.41, 5.74) is 0.203. The molecule has 0 unspecified atom stereocenters. The van der Waals surface area contributed by atoms with Crippen molar-refractivity contribution in [3.63, 3.8) is 0 Å². The second-order valence-electron chi connectivity index (χ2n) is 4.80. The van der Waals surface area contributed by atoms with Gasteiger partial charge < -0.3 is 4.90 Å². The van der Waals surface area contributed by atoms with Gasteiger partial charge in [-0.25, -0.2) is 0 Å². The molecule has 0 bridgehead atoms. The lowest BCUT2D eigenvalue weighted by molar-refractivity contribution is -0.136. The van der Waals surface area contributed by atoms with Crippen LogP contribution in [0.25, 0.3) is 0 Å². The van der Waals surface area contributed by atoms with E-state index in [2.05, 4.69) is 15.9 Å². The van der Waals surface area contributed by atoms with Crippen LogP contribution < -0.4 is 0 Å². The van der Waals surface area contributed by atoms with Crippen molar-refractivity contribution in [2.45, 2.75) is 20.3 Å². The van der Waals surface area contributed by atoms with Crippen molar-refractivity contribution in [1.82, 2.24) is 4.90 Å². The number of carbonyl (C=O) groups is 1. The highest BCUT2D eigenvalue weighted by Gasteiger charge is 2.29. The van der Waals surface area contributed by atoms with Crippen LogP contribution >= 0.6 is 15.9 Å². The highest BCUT2D eigenvalue weighted by atomic mass is 79.9. The number of likely N-dealkylation sites (N-methyl/N-ethyl adjacent to an activating group) is 1. The maximum absolute atomic E-state index is 12.0. The van der Waals surface area contributed by atoms with E-state index in [0.29, 0.717) is 6.54 Å². The zero-order valence-corrected chi connectivity index (χ0v) is 12.5. The number of benzene rings is 1. The molecule has 0 N–H and O–H groups in total. The number of carbonyl (C=O) groups excluding carboxylic acids is 1. The van der Waals surface area contributed by atoms with Gasteiger partial charge in [-0.15, -0.1) is 0 Å². The van der Waals surface area contributed by atoms with E-state index in [1.165, 1.54) is 0 Å². The maximum Gasteiger partial charge on any atom is 0.242 e. The van der Waals surface area contributed by atoms with Crippen molar-refractivity contribution in [3.8, 4) is 6.07 Å². The molecule has 4 heteroatoms. The van der Waals surface area contributed by atoms with E-state index in [9.17, 15) is 4.79 Å². The number of rotatable bonds is 4. The molecule has 96 valence electrons. The van der Waals surface area contributed by atoms with Crippen LogP contribution in [0.5, 0.6) is 0 Å². The number of hydrogen-bond acceptors (Lipinski definition) is 2. The Bertz CT molecular complexity index is 477. The summed E-state index contributed by atoms with van der Waals surface area (Å²) in [6.45, 7) is 3.89. The molecular formula is C14H17BrN2O. The fourth-order valence-corrected chi connectivity index (χ4v) is 2.10. The van der Waals surface area contributed by atoms with Crippen LogP contribution in [0.3, 0.4) is 0 Å².